The highest BCUT2D eigenvalue weighted by Gasteiger charge is 2.34. The van der Waals surface area contributed by atoms with E-state index in [0.29, 0.717) is 29.4 Å². The first-order chi connectivity index (χ1) is 13.0. The van der Waals surface area contributed by atoms with E-state index in [-0.39, 0.29) is 10.7 Å². The number of nitrogens with one attached hydrogen (secondary N) is 1. The summed E-state index contributed by atoms with van der Waals surface area (Å²) in [5, 5.41) is 2.60. The van der Waals surface area contributed by atoms with Crippen molar-refractivity contribution in [2.75, 3.05) is 18.6 Å². The molecule has 1 aliphatic heterocycles. The molecule has 0 unspecified atom stereocenters. The van der Waals surface area contributed by atoms with Crippen LogP contribution in [-0.2, 0) is 9.59 Å². The minimum Gasteiger partial charge on any atom is -0.497 e. The Hall–Kier alpha value is -3.19. The summed E-state index contributed by atoms with van der Waals surface area (Å²) in [6.45, 7) is 2.34. The summed E-state index contributed by atoms with van der Waals surface area (Å²) in [4.78, 5) is 26.7. The highest BCUT2D eigenvalue weighted by atomic mass is 32.1. The fourth-order valence-electron chi connectivity index (χ4n) is 2.67. The number of thiocarbonyl (C=S) groups is 1. The van der Waals surface area contributed by atoms with E-state index in [2.05, 4.69) is 5.32 Å². The SMILES string of the molecule is CCOc1ccccc1/C=C1\C(=O)NC(=S)N(c2ccc(OC)cc2)C1=O. The van der Waals surface area contributed by atoms with Crippen LogP contribution in [0.25, 0.3) is 6.08 Å². The van der Waals surface area contributed by atoms with Gasteiger partial charge in [-0.3, -0.25) is 19.8 Å². The number of carbonyl (C=O) groups is 2. The summed E-state index contributed by atoms with van der Waals surface area (Å²) in [5.41, 5.74) is 1.15. The molecule has 3 rings (SSSR count). The molecule has 7 heteroatoms. The van der Waals surface area contributed by atoms with Crippen molar-refractivity contribution in [2.45, 2.75) is 6.92 Å². The van der Waals surface area contributed by atoms with E-state index >= 15 is 0 Å². The zero-order valence-electron chi connectivity index (χ0n) is 14.9. The van der Waals surface area contributed by atoms with Crippen LogP contribution in [0, 0.1) is 0 Å². The van der Waals surface area contributed by atoms with Gasteiger partial charge < -0.3 is 9.47 Å². The molecule has 2 amide bonds. The van der Waals surface area contributed by atoms with Crippen molar-refractivity contribution in [2.24, 2.45) is 0 Å². The molecule has 0 spiro atoms. The maximum Gasteiger partial charge on any atom is 0.270 e. The Morgan fingerprint density at radius 2 is 1.81 bits per heavy atom. The highest BCUT2D eigenvalue weighted by molar-refractivity contribution is 7.80. The number of carbonyl (C=O) groups excluding carboxylic acids is 2. The number of hydrogen-bond donors (Lipinski definition) is 1. The molecule has 0 atom stereocenters. The van der Waals surface area contributed by atoms with E-state index < -0.39 is 11.8 Å². The second-order valence-electron chi connectivity index (χ2n) is 5.63. The van der Waals surface area contributed by atoms with Crippen molar-refractivity contribution in [3.8, 4) is 11.5 Å². The molecule has 1 saturated heterocycles. The van der Waals surface area contributed by atoms with Crippen molar-refractivity contribution in [1.82, 2.24) is 5.32 Å². The number of benzene rings is 2. The molecule has 0 aromatic heterocycles. The Morgan fingerprint density at radius 3 is 2.48 bits per heavy atom. The molecule has 1 aliphatic rings. The monoisotopic (exact) mass is 382 g/mol. The molecule has 1 N–H and O–H groups in total. The van der Waals surface area contributed by atoms with E-state index in [1.807, 2.05) is 19.1 Å². The fourth-order valence-corrected chi connectivity index (χ4v) is 2.95. The summed E-state index contributed by atoms with van der Waals surface area (Å²) in [6.07, 6.45) is 1.51. The predicted molar refractivity (Wildman–Crippen MR) is 107 cm³/mol. The Balaban J connectivity index is 1.99. The maximum absolute atomic E-state index is 13.0. The normalized spacial score (nSPS) is 15.7. The molecule has 0 radical (unpaired) electrons. The second kappa shape index (κ2) is 8.01. The van der Waals surface area contributed by atoms with Crippen molar-refractivity contribution in [1.29, 1.82) is 0 Å². The Morgan fingerprint density at radius 1 is 1.11 bits per heavy atom. The van der Waals surface area contributed by atoms with Gasteiger partial charge in [-0.2, -0.15) is 0 Å². The van der Waals surface area contributed by atoms with Gasteiger partial charge in [0.25, 0.3) is 11.8 Å². The molecule has 138 valence electrons. The first-order valence-electron chi connectivity index (χ1n) is 8.32. The number of anilines is 1. The molecule has 27 heavy (non-hydrogen) atoms. The predicted octanol–water partition coefficient (Wildman–Crippen LogP) is 2.93. The van der Waals surface area contributed by atoms with E-state index in [1.54, 1.807) is 43.5 Å². The summed E-state index contributed by atoms with van der Waals surface area (Å²) >= 11 is 5.20. The van der Waals surface area contributed by atoms with Gasteiger partial charge in [-0.05, 0) is 55.5 Å². The summed E-state index contributed by atoms with van der Waals surface area (Å²) in [7, 11) is 1.56. The van der Waals surface area contributed by atoms with Crippen LogP contribution in [0.2, 0.25) is 0 Å². The smallest absolute Gasteiger partial charge is 0.270 e. The Labute approximate surface area is 162 Å². The van der Waals surface area contributed by atoms with Crippen molar-refractivity contribution in [3.05, 3.63) is 59.7 Å². The zero-order chi connectivity index (χ0) is 19.4. The van der Waals surface area contributed by atoms with Crippen LogP contribution in [0.5, 0.6) is 11.5 Å². The third-order valence-electron chi connectivity index (χ3n) is 3.95. The van der Waals surface area contributed by atoms with E-state index in [1.165, 1.54) is 11.0 Å². The standard InChI is InChI=1S/C20H18N2O4S/c1-3-26-17-7-5-4-6-13(17)12-16-18(23)21-20(27)22(19(16)24)14-8-10-15(25-2)11-9-14/h4-12H,3H2,1-2H3,(H,21,23,27)/b16-12+. The number of para-hydroxylation sites is 1. The Kier molecular flexibility index (Phi) is 5.52. The lowest BCUT2D eigenvalue weighted by Crippen LogP contribution is -2.54. The molecule has 0 bridgehead atoms. The number of amides is 2. The van der Waals surface area contributed by atoms with Crippen LogP contribution in [0.4, 0.5) is 5.69 Å². The molecule has 2 aromatic rings. The molecule has 6 nitrogen and oxygen atoms in total. The lowest BCUT2D eigenvalue weighted by molar-refractivity contribution is -0.122. The molecule has 1 fully saturated rings. The lowest BCUT2D eigenvalue weighted by Gasteiger charge is -2.29. The number of methoxy groups -OCH3 is 1. The summed E-state index contributed by atoms with van der Waals surface area (Å²) in [6, 6.07) is 14.0. The summed E-state index contributed by atoms with van der Waals surface area (Å²) < 4.78 is 10.7. The van der Waals surface area contributed by atoms with Gasteiger partial charge in [0.1, 0.15) is 17.1 Å². The number of rotatable bonds is 5. The highest BCUT2D eigenvalue weighted by Crippen LogP contribution is 2.26. The van der Waals surface area contributed by atoms with Crippen molar-refractivity contribution >= 4 is 40.9 Å². The minimum absolute atomic E-state index is 0.0217. The molecule has 2 aromatic carbocycles. The van der Waals surface area contributed by atoms with Crippen LogP contribution in [0.1, 0.15) is 12.5 Å². The third-order valence-corrected chi connectivity index (χ3v) is 4.24. The Bertz CT molecular complexity index is 922. The average molecular weight is 382 g/mol. The largest absolute Gasteiger partial charge is 0.497 e. The number of nitrogens with zero attached hydrogens (tertiary/aromatic N) is 1. The first kappa shape index (κ1) is 18.6. The van der Waals surface area contributed by atoms with Gasteiger partial charge in [0, 0.05) is 5.56 Å². The van der Waals surface area contributed by atoms with Gasteiger partial charge in [-0.1, -0.05) is 18.2 Å². The van der Waals surface area contributed by atoms with Gasteiger partial charge in [0.15, 0.2) is 5.11 Å². The van der Waals surface area contributed by atoms with Crippen LogP contribution in [0.3, 0.4) is 0 Å². The van der Waals surface area contributed by atoms with E-state index in [0.717, 1.165) is 0 Å². The zero-order valence-corrected chi connectivity index (χ0v) is 15.7. The van der Waals surface area contributed by atoms with Gasteiger partial charge in [-0.25, -0.2) is 0 Å². The molecule has 0 saturated carbocycles. The first-order valence-corrected chi connectivity index (χ1v) is 8.73. The number of ether oxygens (including phenoxy) is 2. The fraction of sp³-hybridized carbons (Fsp3) is 0.150. The minimum atomic E-state index is -0.541. The molecular formula is C20H18N2O4S. The topological polar surface area (TPSA) is 67.9 Å². The quantitative estimate of drug-likeness (QED) is 0.489. The van der Waals surface area contributed by atoms with E-state index in [9.17, 15) is 9.59 Å². The van der Waals surface area contributed by atoms with Gasteiger partial charge in [0.05, 0.1) is 19.4 Å². The summed E-state index contributed by atoms with van der Waals surface area (Å²) in [5.74, 6) is 0.207. The maximum atomic E-state index is 13.0. The average Bonchev–Trinajstić information content (AvgIpc) is 2.67. The van der Waals surface area contributed by atoms with Crippen LogP contribution in [0.15, 0.2) is 54.1 Å². The van der Waals surface area contributed by atoms with Crippen LogP contribution in [-0.4, -0.2) is 30.6 Å². The lowest BCUT2D eigenvalue weighted by atomic mass is 10.1. The van der Waals surface area contributed by atoms with Crippen molar-refractivity contribution in [3.63, 3.8) is 0 Å². The van der Waals surface area contributed by atoms with Gasteiger partial charge in [0.2, 0.25) is 0 Å². The second-order valence-corrected chi connectivity index (χ2v) is 6.01. The van der Waals surface area contributed by atoms with E-state index in [4.69, 9.17) is 21.7 Å². The number of hydrogen-bond acceptors (Lipinski definition) is 5. The van der Waals surface area contributed by atoms with Gasteiger partial charge >= 0.3 is 0 Å². The molecular weight excluding hydrogens is 364 g/mol. The third kappa shape index (κ3) is 3.83. The van der Waals surface area contributed by atoms with Crippen LogP contribution >= 0.6 is 12.2 Å². The molecule has 0 aliphatic carbocycles. The van der Waals surface area contributed by atoms with Crippen LogP contribution < -0.4 is 19.7 Å². The molecule has 1 heterocycles. The van der Waals surface area contributed by atoms with Crippen molar-refractivity contribution < 1.29 is 19.1 Å². The van der Waals surface area contributed by atoms with Gasteiger partial charge in [-0.15, -0.1) is 0 Å².